The van der Waals surface area contributed by atoms with Gasteiger partial charge in [-0.3, -0.25) is 5.32 Å². The van der Waals surface area contributed by atoms with E-state index in [2.05, 4.69) is 27.3 Å². The molecule has 1 N–H and O–H groups in total. The van der Waals surface area contributed by atoms with Crippen molar-refractivity contribution in [3.63, 3.8) is 0 Å². The van der Waals surface area contributed by atoms with E-state index in [1.54, 1.807) is 23.5 Å². The molecule has 0 saturated carbocycles. The molecule has 1 aromatic carbocycles. The molecule has 92 valence electrons. The fraction of sp³-hybridized carbons (Fsp3) is 0.154. The smallest absolute Gasteiger partial charge is 0.122 e. The number of nitriles is 1. The second-order valence-corrected chi connectivity index (χ2v) is 6.01. The van der Waals surface area contributed by atoms with Crippen molar-refractivity contribution in [1.82, 2.24) is 5.32 Å². The largest absolute Gasteiger partial charge is 0.293 e. The summed E-state index contributed by atoms with van der Waals surface area (Å²) >= 11 is 11.1. The van der Waals surface area contributed by atoms with Gasteiger partial charge in [-0.25, -0.2) is 0 Å². The van der Waals surface area contributed by atoms with Crippen molar-refractivity contribution in [1.29, 1.82) is 5.26 Å². The summed E-state index contributed by atoms with van der Waals surface area (Å²) < 4.78 is 0.886. The van der Waals surface area contributed by atoms with Crippen molar-refractivity contribution >= 4 is 38.9 Å². The van der Waals surface area contributed by atoms with Crippen molar-refractivity contribution in [2.45, 2.75) is 12.6 Å². The molecule has 1 atom stereocenters. The van der Waals surface area contributed by atoms with Crippen LogP contribution in [0.25, 0.3) is 0 Å². The summed E-state index contributed by atoms with van der Waals surface area (Å²) in [5, 5.41) is 15.1. The van der Waals surface area contributed by atoms with Crippen LogP contribution >= 0.6 is 38.9 Å². The Hall–Kier alpha value is -0.860. The highest BCUT2D eigenvalue weighted by molar-refractivity contribution is 9.10. The lowest BCUT2D eigenvalue weighted by Crippen LogP contribution is -2.19. The molecule has 1 unspecified atom stereocenters. The summed E-state index contributed by atoms with van der Waals surface area (Å²) in [4.78, 5) is 1.20. The number of nitrogens with one attached hydrogen (secondary N) is 1. The van der Waals surface area contributed by atoms with Crippen LogP contribution in [0.15, 0.2) is 40.2 Å². The van der Waals surface area contributed by atoms with E-state index >= 15 is 0 Å². The van der Waals surface area contributed by atoms with Crippen molar-refractivity contribution in [3.8, 4) is 6.07 Å². The molecule has 2 nitrogen and oxygen atoms in total. The van der Waals surface area contributed by atoms with Crippen LogP contribution in [-0.4, -0.2) is 0 Å². The van der Waals surface area contributed by atoms with Crippen LogP contribution in [0.2, 0.25) is 5.02 Å². The Morgan fingerprint density at radius 2 is 2.28 bits per heavy atom. The zero-order valence-electron chi connectivity index (χ0n) is 9.36. The molecule has 5 heteroatoms. The summed E-state index contributed by atoms with van der Waals surface area (Å²) in [7, 11) is 0. The third kappa shape index (κ3) is 3.33. The average Bonchev–Trinajstić information content (AvgIpc) is 2.87. The van der Waals surface area contributed by atoms with Gasteiger partial charge in [-0.05, 0) is 35.2 Å². The van der Waals surface area contributed by atoms with E-state index in [0.29, 0.717) is 11.6 Å². The van der Waals surface area contributed by atoms with Gasteiger partial charge in [0.05, 0.1) is 6.07 Å². The molecule has 0 fully saturated rings. The van der Waals surface area contributed by atoms with Gasteiger partial charge >= 0.3 is 0 Å². The number of rotatable bonds is 4. The Labute approximate surface area is 123 Å². The first-order chi connectivity index (χ1) is 8.70. The minimum Gasteiger partial charge on any atom is -0.293 e. The third-order valence-corrected chi connectivity index (χ3v) is 4.29. The van der Waals surface area contributed by atoms with E-state index in [1.807, 2.05) is 23.6 Å². The Bertz CT molecular complexity index is 563. The van der Waals surface area contributed by atoms with Crippen molar-refractivity contribution in [3.05, 3.63) is 55.6 Å². The number of thiophene rings is 1. The van der Waals surface area contributed by atoms with Gasteiger partial charge in [0.25, 0.3) is 0 Å². The molecule has 0 aliphatic carbocycles. The molecule has 2 aromatic rings. The van der Waals surface area contributed by atoms with Gasteiger partial charge in [0.2, 0.25) is 0 Å². The molecule has 0 radical (unpaired) electrons. The van der Waals surface area contributed by atoms with Crippen molar-refractivity contribution in [2.75, 3.05) is 0 Å². The lowest BCUT2D eigenvalue weighted by atomic mass is 10.1. The molecule has 1 heterocycles. The second-order valence-electron chi connectivity index (χ2n) is 3.69. The summed E-state index contributed by atoms with van der Waals surface area (Å²) in [6.45, 7) is 0.675. The number of nitrogens with zero attached hydrogens (tertiary/aromatic N) is 1. The van der Waals surface area contributed by atoms with Crippen LogP contribution < -0.4 is 5.32 Å². The van der Waals surface area contributed by atoms with Crippen LogP contribution in [0.5, 0.6) is 0 Å². The van der Waals surface area contributed by atoms with Crippen LogP contribution in [0, 0.1) is 11.3 Å². The topological polar surface area (TPSA) is 35.8 Å². The molecule has 0 saturated heterocycles. The van der Waals surface area contributed by atoms with Crippen LogP contribution in [0.1, 0.15) is 16.5 Å². The molecule has 0 aliphatic rings. The molecule has 18 heavy (non-hydrogen) atoms. The van der Waals surface area contributed by atoms with E-state index in [0.717, 1.165) is 10.0 Å². The van der Waals surface area contributed by atoms with Crippen LogP contribution in [0.4, 0.5) is 0 Å². The normalized spacial score (nSPS) is 12.1. The summed E-state index contributed by atoms with van der Waals surface area (Å²) in [5.74, 6) is 0. The highest BCUT2D eigenvalue weighted by atomic mass is 79.9. The lowest BCUT2D eigenvalue weighted by molar-refractivity contribution is 0.634. The predicted molar refractivity (Wildman–Crippen MR) is 78.7 cm³/mol. The molecule has 0 aliphatic heterocycles. The molecule has 0 amide bonds. The first-order valence-electron chi connectivity index (χ1n) is 5.31. The minimum atomic E-state index is -0.375. The van der Waals surface area contributed by atoms with E-state index in [-0.39, 0.29) is 6.04 Å². The molecular formula is C13H10BrClN2S. The quantitative estimate of drug-likeness (QED) is 0.887. The summed E-state index contributed by atoms with van der Waals surface area (Å²) in [5.41, 5.74) is 0.863. The van der Waals surface area contributed by atoms with Gasteiger partial charge in [0.1, 0.15) is 6.04 Å². The summed E-state index contributed by atoms with van der Waals surface area (Å²) in [6, 6.07) is 11.4. The van der Waals surface area contributed by atoms with Crippen LogP contribution in [-0.2, 0) is 6.54 Å². The van der Waals surface area contributed by atoms with Crippen molar-refractivity contribution < 1.29 is 0 Å². The van der Waals surface area contributed by atoms with Gasteiger partial charge in [0.15, 0.2) is 0 Å². The Morgan fingerprint density at radius 3 is 2.94 bits per heavy atom. The molecule has 1 aromatic heterocycles. The lowest BCUT2D eigenvalue weighted by Gasteiger charge is -2.13. The molecular weight excluding hydrogens is 332 g/mol. The number of halogens is 2. The predicted octanol–water partition coefficient (Wildman–Crippen LogP) is 4.52. The van der Waals surface area contributed by atoms with Gasteiger partial charge in [-0.15, -0.1) is 11.3 Å². The maximum Gasteiger partial charge on any atom is 0.122 e. The Morgan fingerprint density at radius 1 is 1.44 bits per heavy atom. The van der Waals surface area contributed by atoms with Gasteiger partial charge < -0.3 is 0 Å². The van der Waals surface area contributed by atoms with E-state index in [9.17, 15) is 5.26 Å². The number of benzene rings is 1. The number of hydrogen-bond acceptors (Lipinski definition) is 3. The zero-order chi connectivity index (χ0) is 13.0. The van der Waals surface area contributed by atoms with Gasteiger partial charge in [-0.1, -0.05) is 33.6 Å². The highest BCUT2D eigenvalue weighted by Gasteiger charge is 2.14. The van der Waals surface area contributed by atoms with Crippen molar-refractivity contribution in [2.24, 2.45) is 0 Å². The second kappa shape index (κ2) is 6.35. The van der Waals surface area contributed by atoms with Crippen LogP contribution in [0.3, 0.4) is 0 Å². The molecule has 0 bridgehead atoms. The van der Waals surface area contributed by atoms with Gasteiger partial charge in [0, 0.05) is 20.9 Å². The standard InChI is InChI=1S/C13H10BrClN2S/c14-12-4-3-9(15)6-11(12)13(7-16)17-8-10-2-1-5-18-10/h1-6,13,17H,8H2. The number of hydrogen-bond donors (Lipinski definition) is 1. The minimum absolute atomic E-state index is 0.375. The maximum atomic E-state index is 9.25. The Kier molecular flexibility index (Phi) is 4.79. The Balaban J connectivity index is 2.13. The molecule has 2 rings (SSSR count). The van der Waals surface area contributed by atoms with E-state index in [4.69, 9.17) is 11.6 Å². The average molecular weight is 342 g/mol. The van der Waals surface area contributed by atoms with E-state index < -0.39 is 0 Å². The summed E-state index contributed by atoms with van der Waals surface area (Å²) in [6.07, 6.45) is 0. The fourth-order valence-electron chi connectivity index (χ4n) is 1.58. The third-order valence-electron chi connectivity index (χ3n) is 2.46. The SMILES string of the molecule is N#CC(NCc1cccs1)c1cc(Cl)ccc1Br. The first kappa shape index (κ1) is 13.6. The van der Waals surface area contributed by atoms with E-state index in [1.165, 1.54) is 4.88 Å². The highest BCUT2D eigenvalue weighted by Crippen LogP contribution is 2.27. The fourth-order valence-corrected chi connectivity index (χ4v) is 2.89. The van der Waals surface area contributed by atoms with Gasteiger partial charge in [-0.2, -0.15) is 5.26 Å². The maximum absolute atomic E-state index is 9.25. The zero-order valence-corrected chi connectivity index (χ0v) is 12.5. The molecule has 0 spiro atoms. The first-order valence-corrected chi connectivity index (χ1v) is 7.36. The monoisotopic (exact) mass is 340 g/mol.